The van der Waals surface area contributed by atoms with Crippen LogP contribution in [-0.4, -0.2) is 18.5 Å². The Morgan fingerprint density at radius 1 is 1.18 bits per heavy atom. The maximum Gasteiger partial charge on any atom is 0.331 e. The standard InChI is InChI=1S/C21H19ClN2O3S/c1-13-4-5-16(10-18(13)22)6-7-20(26)27-11-19(25)24-21-14(2)8-17(28-12-23)9-15(21)3/h4-10H,11H2,1-3H3,(H,24,25)/b7-6+. The molecule has 0 heterocycles. The van der Waals surface area contributed by atoms with Gasteiger partial charge in [-0.25, -0.2) is 4.79 Å². The Labute approximate surface area is 173 Å². The molecule has 0 aliphatic rings. The molecule has 2 aromatic carbocycles. The first-order chi connectivity index (χ1) is 13.3. The number of thioether (sulfide) groups is 1. The van der Waals surface area contributed by atoms with E-state index < -0.39 is 18.5 Å². The van der Waals surface area contributed by atoms with Crippen molar-refractivity contribution >= 4 is 47.0 Å². The van der Waals surface area contributed by atoms with Gasteiger partial charge in [0.25, 0.3) is 5.91 Å². The minimum absolute atomic E-state index is 0.397. The van der Waals surface area contributed by atoms with Crippen LogP contribution in [0.25, 0.3) is 6.08 Å². The summed E-state index contributed by atoms with van der Waals surface area (Å²) in [5, 5.41) is 14.1. The zero-order valence-corrected chi connectivity index (χ0v) is 17.3. The molecule has 7 heteroatoms. The summed E-state index contributed by atoms with van der Waals surface area (Å²) >= 11 is 7.10. The number of aryl methyl sites for hydroxylation is 3. The molecule has 2 aromatic rings. The lowest BCUT2D eigenvalue weighted by Gasteiger charge is -2.12. The molecular weight excluding hydrogens is 396 g/mol. The number of nitrogens with zero attached hydrogens (tertiary/aromatic N) is 1. The second kappa shape index (κ2) is 9.98. The van der Waals surface area contributed by atoms with Crippen molar-refractivity contribution in [3.63, 3.8) is 0 Å². The average molecular weight is 415 g/mol. The summed E-state index contributed by atoms with van der Waals surface area (Å²) in [6.07, 6.45) is 2.82. The Morgan fingerprint density at radius 2 is 1.86 bits per heavy atom. The lowest BCUT2D eigenvalue weighted by molar-refractivity contribution is -0.142. The van der Waals surface area contributed by atoms with Gasteiger partial charge < -0.3 is 10.1 Å². The molecule has 0 fully saturated rings. The Kier molecular flexibility index (Phi) is 7.68. The molecule has 0 unspecified atom stereocenters. The largest absolute Gasteiger partial charge is 0.452 e. The van der Waals surface area contributed by atoms with Crippen LogP contribution in [0.2, 0.25) is 5.02 Å². The maximum atomic E-state index is 12.1. The van der Waals surface area contributed by atoms with Gasteiger partial charge in [-0.3, -0.25) is 4.79 Å². The third kappa shape index (κ3) is 6.15. The zero-order valence-electron chi connectivity index (χ0n) is 15.7. The van der Waals surface area contributed by atoms with Gasteiger partial charge in [0.05, 0.1) is 0 Å². The number of benzene rings is 2. The third-order valence-electron chi connectivity index (χ3n) is 3.89. The van der Waals surface area contributed by atoms with Gasteiger partial charge in [-0.05, 0) is 79.1 Å². The summed E-state index contributed by atoms with van der Waals surface area (Å²) in [6, 6.07) is 9.06. The molecule has 5 nitrogen and oxygen atoms in total. The average Bonchev–Trinajstić information content (AvgIpc) is 2.64. The highest BCUT2D eigenvalue weighted by Crippen LogP contribution is 2.27. The first-order valence-corrected chi connectivity index (χ1v) is 9.57. The summed E-state index contributed by atoms with van der Waals surface area (Å²) in [5.41, 5.74) is 4.01. The normalized spacial score (nSPS) is 10.5. The highest BCUT2D eigenvalue weighted by Gasteiger charge is 2.11. The fraction of sp³-hybridized carbons (Fsp3) is 0.190. The molecule has 0 saturated carbocycles. The number of nitriles is 1. The molecule has 0 radical (unpaired) electrons. The monoisotopic (exact) mass is 414 g/mol. The topological polar surface area (TPSA) is 79.2 Å². The molecule has 0 bridgehead atoms. The van der Waals surface area contributed by atoms with Gasteiger partial charge in [0, 0.05) is 21.7 Å². The van der Waals surface area contributed by atoms with E-state index in [2.05, 4.69) is 5.32 Å². The number of thiocyanates is 1. The summed E-state index contributed by atoms with van der Waals surface area (Å²) in [7, 11) is 0. The van der Waals surface area contributed by atoms with Crippen molar-refractivity contribution in [3.8, 4) is 5.40 Å². The van der Waals surface area contributed by atoms with Crippen LogP contribution in [0.15, 0.2) is 41.3 Å². The Hall–Kier alpha value is -2.75. The van der Waals surface area contributed by atoms with Gasteiger partial charge in [-0.2, -0.15) is 5.26 Å². The van der Waals surface area contributed by atoms with Crippen LogP contribution in [0.1, 0.15) is 22.3 Å². The van der Waals surface area contributed by atoms with E-state index in [9.17, 15) is 9.59 Å². The van der Waals surface area contributed by atoms with Gasteiger partial charge in [0.15, 0.2) is 6.61 Å². The summed E-state index contributed by atoms with van der Waals surface area (Å²) in [5.74, 6) is -1.06. The first kappa shape index (κ1) is 21.5. The highest BCUT2D eigenvalue weighted by molar-refractivity contribution is 8.03. The number of amides is 1. The molecule has 0 atom stereocenters. The smallest absolute Gasteiger partial charge is 0.331 e. The van der Waals surface area contributed by atoms with Crippen LogP contribution in [0.5, 0.6) is 0 Å². The van der Waals surface area contributed by atoms with Crippen molar-refractivity contribution < 1.29 is 14.3 Å². The fourth-order valence-electron chi connectivity index (χ4n) is 2.47. The van der Waals surface area contributed by atoms with Crippen molar-refractivity contribution in [2.24, 2.45) is 0 Å². The van der Waals surface area contributed by atoms with Crippen LogP contribution in [0.3, 0.4) is 0 Å². The zero-order chi connectivity index (χ0) is 20.7. The molecule has 0 aliphatic heterocycles. The van der Waals surface area contributed by atoms with Crippen LogP contribution >= 0.6 is 23.4 Å². The molecule has 144 valence electrons. The molecule has 0 aliphatic carbocycles. The molecule has 28 heavy (non-hydrogen) atoms. The van der Waals surface area contributed by atoms with Crippen molar-refractivity contribution in [3.05, 3.63) is 63.7 Å². The van der Waals surface area contributed by atoms with Gasteiger partial charge in [0.2, 0.25) is 0 Å². The van der Waals surface area contributed by atoms with E-state index in [1.165, 1.54) is 6.08 Å². The summed E-state index contributed by atoms with van der Waals surface area (Å²) in [4.78, 5) is 24.7. The van der Waals surface area contributed by atoms with Crippen LogP contribution in [-0.2, 0) is 14.3 Å². The van der Waals surface area contributed by atoms with E-state index in [1.54, 1.807) is 12.1 Å². The number of anilines is 1. The van der Waals surface area contributed by atoms with Gasteiger partial charge in [0.1, 0.15) is 5.40 Å². The van der Waals surface area contributed by atoms with Crippen molar-refractivity contribution in [1.29, 1.82) is 5.26 Å². The molecular formula is C21H19ClN2O3S. The molecule has 1 N–H and O–H groups in total. The second-order valence-electron chi connectivity index (χ2n) is 6.12. The summed E-state index contributed by atoms with van der Waals surface area (Å²) in [6.45, 7) is 5.17. The lowest BCUT2D eigenvalue weighted by Crippen LogP contribution is -2.21. The van der Waals surface area contributed by atoms with E-state index in [-0.39, 0.29) is 0 Å². The Bertz CT molecular complexity index is 957. The highest BCUT2D eigenvalue weighted by atomic mass is 35.5. The van der Waals surface area contributed by atoms with E-state index in [0.29, 0.717) is 10.7 Å². The molecule has 0 aromatic heterocycles. The number of esters is 1. The lowest BCUT2D eigenvalue weighted by atomic mass is 10.1. The number of hydrogen-bond donors (Lipinski definition) is 1. The van der Waals surface area contributed by atoms with Crippen LogP contribution in [0, 0.1) is 31.4 Å². The predicted molar refractivity (Wildman–Crippen MR) is 112 cm³/mol. The van der Waals surface area contributed by atoms with E-state index in [1.807, 2.05) is 50.4 Å². The fourth-order valence-corrected chi connectivity index (χ4v) is 3.24. The third-order valence-corrected chi connectivity index (χ3v) is 4.86. The van der Waals surface area contributed by atoms with Crippen molar-refractivity contribution in [1.82, 2.24) is 0 Å². The molecule has 2 rings (SSSR count). The quantitative estimate of drug-likeness (QED) is 0.310. The SMILES string of the molecule is Cc1ccc(/C=C/C(=O)OCC(=O)Nc2c(C)cc(SC#N)cc2C)cc1Cl. The Morgan fingerprint density at radius 3 is 2.46 bits per heavy atom. The van der Waals surface area contributed by atoms with Crippen molar-refractivity contribution in [2.45, 2.75) is 25.7 Å². The second-order valence-corrected chi connectivity index (χ2v) is 7.39. The number of rotatable bonds is 6. The number of hydrogen-bond acceptors (Lipinski definition) is 5. The van der Waals surface area contributed by atoms with E-state index in [0.717, 1.165) is 38.9 Å². The minimum atomic E-state index is -0.624. The van der Waals surface area contributed by atoms with Crippen molar-refractivity contribution in [2.75, 3.05) is 11.9 Å². The molecule has 1 amide bonds. The van der Waals surface area contributed by atoms with Gasteiger partial charge in [-0.1, -0.05) is 23.7 Å². The number of ether oxygens (including phenoxy) is 1. The van der Waals surface area contributed by atoms with Crippen LogP contribution in [0.4, 0.5) is 5.69 Å². The number of halogens is 1. The van der Waals surface area contributed by atoms with E-state index >= 15 is 0 Å². The summed E-state index contributed by atoms with van der Waals surface area (Å²) < 4.78 is 4.98. The molecule has 0 spiro atoms. The number of carbonyl (C=O) groups excluding carboxylic acids is 2. The predicted octanol–water partition coefficient (Wildman–Crippen LogP) is 5.03. The van der Waals surface area contributed by atoms with Gasteiger partial charge in [-0.15, -0.1) is 0 Å². The van der Waals surface area contributed by atoms with E-state index in [4.69, 9.17) is 21.6 Å². The van der Waals surface area contributed by atoms with Crippen LogP contribution < -0.4 is 5.32 Å². The first-order valence-electron chi connectivity index (χ1n) is 8.38. The molecule has 0 saturated heterocycles. The maximum absolute atomic E-state index is 12.1. The number of nitrogens with one attached hydrogen (secondary N) is 1. The Balaban J connectivity index is 1.91. The minimum Gasteiger partial charge on any atom is -0.452 e. The van der Waals surface area contributed by atoms with Gasteiger partial charge >= 0.3 is 5.97 Å². The number of carbonyl (C=O) groups is 2.